The summed E-state index contributed by atoms with van der Waals surface area (Å²) in [6.45, 7) is 4.50. The number of carbonyl (C=O) groups is 1. The van der Waals surface area contributed by atoms with E-state index in [1.54, 1.807) is 11.3 Å². The van der Waals surface area contributed by atoms with E-state index in [2.05, 4.69) is 29.4 Å². The molecule has 0 radical (unpaired) electrons. The fraction of sp³-hybridized carbons (Fsp3) is 0.562. The molecule has 0 bridgehead atoms. The van der Waals surface area contributed by atoms with Crippen molar-refractivity contribution in [1.82, 2.24) is 15.5 Å². The molecule has 0 aromatic carbocycles. The molecule has 2 aromatic heterocycles. The summed E-state index contributed by atoms with van der Waals surface area (Å²) in [5.74, 6) is 2.07. The third kappa shape index (κ3) is 4.14. The van der Waals surface area contributed by atoms with Gasteiger partial charge in [0.25, 0.3) is 11.1 Å². The minimum absolute atomic E-state index is 0.0387. The molecule has 1 aliphatic rings. The van der Waals surface area contributed by atoms with Gasteiger partial charge in [-0.05, 0) is 29.7 Å². The molecule has 2 aromatic rings. The van der Waals surface area contributed by atoms with Crippen LogP contribution in [0.2, 0.25) is 0 Å². The minimum Gasteiger partial charge on any atom is -0.410 e. The van der Waals surface area contributed by atoms with Crippen molar-refractivity contribution in [2.75, 3.05) is 5.75 Å². The molecule has 0 spiro atoms. The highest BCUT2D eigenvalue weighted by atomic mass is 32.2. The predicted octanol–water partition coefficient (Wildman–Crippen LogP) is 3.83. The first kappa shape index (κ1) is 16.5. The number of hydrogen-bond donors (Lipinski definition) is 1. The summed E-state index contributed by atoms with van der Waals surface area (Å²) in [5, 5.41) is 13.6. The first-order valence-corrected chi connectivity index (χ1v) is 9.79. The van der Waals surface area contributed by atoms with Crippen molar-refractivity contribution < 1.29 is 9.21 Å². The van der Waals surface area contributed by atoms with Gasteiger partial charge in [-0.3, -0.25) is 4.79 Å². The minimum atomic E-state index is 0.0387. The van der Waals surface area contributed by atoms with E-state index in [4.69, 9.17) is 4.42 Å². The largest absolute Gasteiger partial charge is 0.410 e. The van der Waals surface area contributed by atoms with E-state index in [1.165, 1.54) is 24.6 Å². The molecule has 1 fully saturated rings. The number of rotatable bonds is 5. The van der Waals surface area contributed by atoms with Gasteiger partial charge in [0.2, 0.25) is 5.91 Å². The Balaban J connectivity index is 1.49. The van der Waals surface area contributed by atoms with Gasteiger partial charge in [-0.2, -0.15) is 0 Å². The molecular weight excluding hydrogens is 330 g/mol. The van der Waals surface area contributed by atoms with E-state index >= 15 is 0 Å². The molecule has 1 N–H and O–H groups in total. The molecule has 1 saturated carbocycles. The molecular formula is C16H21N3O2S2. The average Bonchev–Trinajstić information content (AvgIpc) is 3.20. The summed E-state index contributed by atoms with van der Waals surface area (Å²) < 4.78 is 5.58. The van der Waals surface area contributed by atoms with E-state index < -0.39 is 0 Å². The lowest BCUT2D eigenvalue weighted by Crippen LogP contribution is -2.44. The number of thioether (sulfide) groups is 1. The predicted molar refractivity (Wildman–Crippen MR) is 92.4 cm³/mol. The lowest BCUT2D eigenvalue weighted by atomic mass is 9.78. The molecule has 5 nitrogen and oxygen atoms in total. The summed E-state index contributed by atoms with van der Waals surface area (Å²) in [4.78, 5) is 13.1. The Labute approximate surface area is 144 Å². The van der Waals surface area contributed by atoms with Gasteiger partial charge in [-0.15, -0.1) is 21.5 Å². The van der Waals surface area contributed by atoms with Crippen molar-refractivity contribution in [2.45, 2.75) is 44.4 Å². The maximum absolute atomic E-state index is 12.2. The Hall–Kier alpha value is -1.34. The lowest BCUT2D eigenvalue weighted by Gasteiger charge is -2.34. The number of nitrogens with zero attached hydrogens (tertiary/aromatic N) is 2. The molecule has 2 heterocycles. The number of nitrogens with one attached hydrogen (secondary N) is 1. The van der Waals surface area contributed by atoms with Gasteiger partial charge in [0.05, 0.1) is 10.6 Å². The molecule has 3 rings (SSSR count). The van der Waals surface area contributed by atoms with Gasteiger partial charge >= 0.3 is 0 Å². The topological polar surface area (TPSA) is 68.0 Å². The third-order valence-corrected chi connectivity index (χ3v) is 6.19. The molecule has 23 heavy (non-hydrogen) atoms. The quantitative estimate of drug-likeness (QED) is 0.829. The normalized spacial score (nSPS) is 24.5. The van der Waals surface area contributed by atoms with Crippen LogP contribution in [-0.4, -0.2) is 27.9 Å². The van der Waals surface area contributed by atoms with E-state index in [-0.39, 0.29) is 11.9 Å². The van der Waals surface area contributed by atoms with Crippen molar-refractivity contribution in [1.29, 1.82) is 0 Å². The monoisotopic (exact) mass is 351 g/mol. The molecule has 1 aliphatic carbocycles. The van der Waals surface area contributed by atoms with E-state index in [0.717, 1.165) is 11.3 Å². The van der Waals surface area contributed by atoms with Crippen molar-refractivity contribution in [3.05, 3.63) is 17.5 Å². The van der Waals surface area contributed by atoms with Crippen LogP contribution in [0, 0.1) is 11.8 Å². The first-order valence-electron chi connectivity index (χ1n) is 7.93. The van der Waals surface area contributed by atoms with Gasteiger partial charge in [0.15, 0.2) is 0 Å². The Kier molecular flexibility index (Phi) is 5.38. The fourth-order valence-corrected chi connectivity index (χ4v) is 4.15. The first-order chi connectivity index (χ1) is 11.1. The van der Waals surface area contributed by atoms with Crippen LogP contribution in [0.4, 0.5) is 0 Å². The lowest BCUT2D eigenvalue weighted by molar-refractivity contribution is -0.120. The van der Waals surface area contributed by atoms with Crippen molar-refractivity contribution >= 4 is 29.0 Å². The average molecular weight is 351 g/mol. The number of thiophene rings is 1. The highest BCUT2D eigenvalue weighted by Gasteiger charge is 2.28. The molecule has 124 valence electrons. The number of carbonyl (C=O) groups excluding carboxylic acids is 1. The van der Waals surface area contributed by atoms with Gasteiger partial charge in [0, 0.05) is 6.04 Å². The molecule has 1 amide bonds. The second-order valence-electron chi connectivity index (χ2n) is 6.08. The molecule has 0 saturated heterocycles. The maximum atomic E-state index is 12.2. The Morgan fingerprint density at radius 2 is 2.30 bits per heavy atom. The Morgan fingerprint density at radius 3 is 3.09 bits per heavy atom. The highest BCUT2D eigenvalue weighted by Crippen LogP contribution is 2.30. The summed E-state index contributed by atoms with van der Waals surface area (Å²) in [7, 11) is 0. The standard InChI is InChI=1S/C16H21N3O2S2/c1-10-5-3-6-12(11(10)2)17-14(20)9-23-16-19-18-15(21-16)13-7-4-8-22-13/h4,7-8,10-12H,3,5-6,9H2,1-2H3,(H,17,20)/t10-,11+,12-/m1/s1. The Morgan fingerprint density at radius 1 is 1.43 bits per heavy atom. The summed E-state index contributed by atoms with van der Waals surface area (Å²) in [6, 6.07) is 4.16. The zero-order chi connectivity index (χ0) is 16.2. The summed E-state index contributed by atoms with van der Waals surface area (Å²) in [5.41, 5.74) is 0. The van der Waals surface area contributed by atoms with E-state index in [0.29, 0.717) is 28.7 Å². The van der Waals surface area contributed by atoms with E-state index in [1.807, 2.05) is 17.5 Å². The van der Waals surface area contributed by atoms with Gasteiger partial charge in [-0.25, -0.2) is 0 Å². The van der Waals surface area contributed by atoms with Crippen LogP contribution >= 0.6 is 23.1 Å². The molecule has 3 atom stereocenters. The summed E-state index contributed by atoms with van der Waals surface area (Å²) >= 11 is 2.84. The van der Waals surface area contributed by atoms with Crippen molar-refractivity contribution in [3.8, 4) is 10.8 Å². The second-order valence-corrected chi connectivity index (χ2v) is 7.95. The van der Waals surface area contributed by atoms with Gasteiger partial charge in [-0.1, -0.05) is 44.5 Å². The third-order valence-electron chi connectivity index (χ3n) is 4.52. The van der Waals surface area contributed by atoms with Crippen LogP contribution in [0.3, 0.4) is 0 Å². The maximum Gasteiger partial charge on any atom is 0.277 e. The van der Waals surface area contributed by atoms with Crippen molar-refractivity contribution in [2.24, 2.45) is 11.8 Å². The van der Waals surface area contributed by atoms with Crippen LogP contribution in [-0.2, 0) is 4.79 Å². The van der Waals surface area contributed by atoms with Crippen LogP contribution < -0.4 is 5.32 Å². The van der Waals surface area contributed by atoms with Gasteiger partial charge in [0.1, 0.15) is 0 Å². The zero-order valence-electron chi connectivity index (χ0n) is 13.3. The number of aromatic nitrogens is 2. The van der Waals surface area contributed by atoms with Gasteiger partial charge < -0.3 is 9.73 Å². The molecule has 0 unspecified atom stereocenters. The van der Waals surface area contributed by atoms with Crippen LogP contribution in [0.5, 0.6) is 0 Å². The molecule has 0 aliphatic heterocycles. The smallest absolute Gasteiger partial charge is 0.277 e. The van der Waals surface area contributed by atoms with Crippen LogP contribution in [0.1, 0.15) is 33.1 Å². The number of hydrogen-bond acceptors (Lipinski definition) is 6. The van der Waals surface area contributed by atoms with Crippen LogP contribution in [0.15, 0.2) is 27.2 Å². The Bertz CT molecular complexity index is 642. The highest BCUT2D eigenvalue weighted by molar-refractivity contribution is 7.99. The van der Waals surface area contributed by atoms with Crippen molar-refractivity contribution in [3.63, 3.8) is 0 Å². The van der Waals surface area contributed by atoms with E-state index in [9.17, 15) is 4.79 Å². The second kappa shape index (κ2) is 7.49. The van der Waals surface area contributed by atoms with Crippen LogP contribution in [0.25, 0.3) is 10.8 Å². The SMILES string of the molecule is C[C@H]1[C@H](C)CCC[C@H]1NC(=O)CSc1nnc(-c2cccs2)o1. The molecule has 7 heteroatoms. The number of amides is 1. The fourth-order valence-electron chi connectivity index (χ4n) is 2.93. The summed E-state index contributed by atoms with van der Waals surface area (Å²) in [6.07, 6.45) is 3.53. The zero-order valence-corrected chi connectivity index (χ0v) is 15.0.